The minimum Gasteiger partial charge on any atom is -0.376 e. The van der Waals surface area contributed by atoms with Crippen LogP contribution in [0.4, 0.5) is 0 Å². The van der Waals surface area contributed by atoms with E-state index >= 15 is 0 Å². The Hall–Kier alpha value is -2.08. The SMILES string of the molecule is CN(C)C(=O)CN=C(NCC1CCCO1)N(C)Cc1ccccc1. The van der Waals surface area contributed by atoms with Crippen molar-refractivity contribution in [2.24, 2.45) is 4.99 Å². The lowest BCUT2D eigenvalue weighted by Gasteiger charge is -2.24. The average molecular weight is 332 g/mol. The van der Waals surface area contributed by atoms with Gasteiger partial charge in [-0.1, -0.05) is 30.3 Å². The van der Waals surface area contributed by atoms with Crippen LogP contribution >= 0.6 is 0 Å². The Morgan fingerprint density at radius 3 is 2.67 bits per heavy atom. The van der Waals surface area contributed by atoms with E-state index in [1.54, 1.807) is 19.0 Å². The quantitative estimate of drug-likeness (QED) is 0.631. The molecule has 1 saturated heterocycles. The largest absolute Gasteiger partial charge is 0.376 e. The third-order valence-electron chi connectivity index (χ3n) is 4.00. The number of likely N-dealkylation sites (N-methyl/N-ethyl adjacent to an activating group) is 1. The first kappa shape index (κ1) is 18.3. The number of hydrogen-bond donors (Lipinski definition) is 1. The zero-order valence-electron chi connectivity index (χ0n) is 14.9. The summed E-state index contributed by atoms with van der Waals surface area (Å²) in [5.74, 6) is 0.712. The molecular formula is C18H28N4O2. The van der Waals surface area contributed by atoms with Crippen LogP contribution in [-0.4, -0.2) is 68.6 Å². The molecule has 1 aromatic carbocycles. The summed E-state index contributed by atoms with van der Waals surface area (Å²) in [6, 6.07) is 10.2. The third-order valence-corrected chi connectivity index (χ3v) is 4.00. The van der Waals surface area contributed by atoms with Gasteiger partial charge < -0.3 is 19.9 Å². The molecule has 0 saturated carbocycles. The van der Waals surface area contributed by atoms with Crippen molar-refractivity contribution < 1.29 is 9.53 Å². The van der Waals surface area contributed by atoms with Crippen LogP contribution in [0.25, 0.3) is 0 Å². The zero-order chi connectivity index (χ0) is 17.4. The number of ether oxygens (including phenoxy) is 1. The summed E-state index contributed by atoms with van der Waals surface area (Å²) < 4.78 is 5.65. The lowest BCUT2D eigenvalue weighted by Crippen LogP contribution is -2.42. The van der Waals surface area contributed by atoms with Gasteiger partial charge in [0.1, 0.15) is 6.54 Å². The molecular weight excluding hydrogens is 304 g/mol. The molecule has 1 unspecified atom stereocenters. The summed E-state index contributed by atoms with van der Waals surface area (Å²) >= 11 is 0. The van der Waals surface area contributed by atoms with E-state index in [1.807, 2.05) is 30.1 Å². The van der Waals surface area contributed by atoms with Gasteiger partial charge in [0.25, 0.3) is 0 Å². The molecule has 0 aliphatic carbocycles. The van der Waals surface area contributed by atoms with Gasteiger partial charge in [0.05, 0.1) is 6.10 Å². The van der Waals surface area contributed by atoms with Gasteiger partial charge in [0.2, 0.25) is 5.91 Å². The number of carbonyl (C=O) groups is 1. The zero-order valence-corrected chi connectivity index (χ0v) is 14.9. The second-order valence-electron chi connectivity index (χ2n) is 6.29. The first-order valence-electron chi connectivity index (χ1n) is 8.41. The van der Waals surface area contributed by atoms with Crippen molar-refractivity contribution >= 4 is 11.9 Å². The Labute approximate surface area is 144 Å². The summed E-state index contributed by atoms with van der Waals surface area (Å²) in [6.07, 6.45) is 2.40. The molecule has 0 aromatic heterocycles. The van der Waals surface area contributed by atoms with E-state index in [9.17, 15) is 4.79 Å². The molecule has 1 amide bonds. The third kappa shape index (κ3) is 5.85. The Morgan fingerprint density at radius 1 is 1.29 bits per heavy atom. The fourth-order valence-electron chi connectivity index (χ4n) is 2.54. The number of carbonyl (C=O) groups excluding carboxylic acids is 1. The van der Waals surface area contributed by atoms with Gasteiger partial charge in [0, 0.05) is 40.8 Å². The molecule has 1 atom stereocenters. The van der Waals surface area contributed by atoms with Crippen LogP contribution < -0.4 is 5.32 Å². The Kier molecular flexibility index (Phi) is 7.06. The topological polar surface area (TPSA) is 57.2 Å². The minimum absolute atomic E-state index is 0.0143. The van der Waals surface area contributed by atoms with E-state index in [0.29, 0.717) is 6.54 Å². The lowest BCUT2D eigenvalue weighted by molar-refractivity contribution is -0.127. The highest BCUT2D eigenvalue weighted by Crippen LogP contribution is 2.11. The Morgan fingerprint density at radius 2 is 2.04 bits per heavy atom. The van der Waals surface area contributed by atoms with Crippen LogP contribution in [0.3, 0.4) is 0 Å². The Bertz CT molecular complexity index is 539. The maximum absolute atomic E-state index is 11.8. The first-order chi connectivity index (χ1) is 11.6. The van der Waals surface area contributed by atoms with Crippen LogP contribution in [0, 0.1) is 0 Å². The molecule has 1 aliphatic heterocycles. The molecule has 0 radical (unpaired) electrons. The van der Waals surface area contributed by atoms with Crippen molar-refractivity contribution in [2.45, 2.75) is 25.5 Å². The number of guanidine groups is 1. The molecule has 0 bridgehead atoms. The second kappa shape index (κ2) is 9.27. The first-order valence-corrected chi connectivity index (χ1v) is 8.41. The standard InChI is InChI=1S/C18H28N4O2/c1-21(2)17(23)13-20-18(19-12-16-10-7-11-24-16)22(3)14-15-8-5-4-6-9-15/h4-6,8-9,16H,7,10-14H2,1-3H3,(H,19,20). The van der Waals surface area contributed by atoms with Crippen LogP contribution in [0.5, 0.6) is 0 Å². The summed E-state index contributed by atoms with van der Waals surface area (Å²) in [4.78, 5) is 19.9. The van der Waals surface area contributed by atoms with Crippen LogP contribution in [0.1, 0.15) is 18.4 Å². The van der Waals surface area contributed by atoms with Crippen molar-refractivity contribution in [3.63, 3.8) is 0 Å². The maximum Gasteiger partial charge on any atom is 0.243 e. The van der Waals surface area contributed by atoms with E-state index in [-0.39, 0.29) is 18.6 Å². The summed E-state index contributed by atoms with van der Waals surface area (Å²) in [6.45, 7) is 2.42. The van der Waals surface area contributed by atoms with E-state index in [4.69, 9.17) is 4.74 Å². The monoisotopic (exact) mass is 332 g/mol. The van der Waals surface area contributed by atoms with Gasteiger partial charge in [0.15, 0.2) is 5.96 Å². The summed E-state index contributed by atoms with van der Waals surface area (Å²) in [7, 11) is 5.46. The van der Waals surface area contributed by atoms with Gasteiger partial charge in [-0.25, -0.2) is 4.99 Å². The molecule has 24 heavy (non-hydrogen) atoms. The predicted molar refractivity (Wildman–Crippen MR) is 95.9 cm³/mol. The molecule has 1 aliphatic rings. The van der Waals surface area contributed by atoms with Crippen LogP contribution in [0.15, 0.2) is 35.3 Å². The Balaban J connectivity index is 1.99. The fraction of sp³-hybridized carbons (Fsp3) is 0.556. The smallest absolute Gasteiger partial charge is 0.243 e. The van der Waals surface area contributed by atoms with Crippen LogP contribution in [-0.2, 0) is 16.1 Å². The summed E-state index contributed by atoms with van der Waals surface area (Å²) in [5, 5.41) is 3.36. The number of aliphatic imine (C=N–C) groups is 1. The van der Waals surface area contributed by atoms with Gasteiger partial charge >= 0.3 is 0 Å². The van der Waals surface area contributed by atoms with E-state index < -0.39 is 0 Å². The molecule has 6 heteroatoms. The molecule has 1 aromatic rings. The van der Waals surface area contributed by atoms with Gasteiger partial charge in [-0.05, 0) is 18.4 Å². The van der Waals surface area contributed by atoms with Gasteiger partial charge in [-0.3, -0.25) is 4.79 Å². The lowest BCUT2D eigenvalue weighted by atomic mass is 10.2. The number of nitrogens with zero attached hydrogens (tertiary/aromatic N) is 3. The van der Waals surface area contributed by atoms with Crippen molar-refractivity contribution in [2.75, 3.05) is 40.8 Å². The highest BCUT2D eigenvalue weighted by atomic mass is 16.5. The molecule has 0 spiro atoms. The molecule has 6 nitrogen and oxygen atoms in total. The van der Waals surface area contributed by atoms with Crippen molar-refractivity contribution in [3.05, 3.63) is 35.9 Å². The fourth-order valence-corrected chi connectivity index (χ4v) is 2.54. The molecule has 2 rings (SSSR count). The molecule has 132 valence electrons. The van der Waals surface area contributed by atoms with Crippen molar-refractivity contribution in [1.82, 2.24) is 15.1 Å². The van der Waals surface area contributed by atoms with Gasteiger partial charge in [-0.2, -0.15) is 0 Å². The van der Waals surface area contributed by atoms with Crippen molar-refractivity contribution in [3.8, 4) is 0 Å². The molecule has 1 fully saturated rings. The maximum atomic E-state index is 11.8. The van der Waals surface area contributed by atoms with E-state index in [0.717, 1.165) is 32.0 Å². The number of rotatable bonds is 6. The average Bonchev–Trinajstić information content (AvgIpc) is 3.08. The van der Waals surface area contributed by atoms with Crippen LogP contribution in [0.2, 0.25) is 0 Å². The second-order valence-corrected chi connectivity index (χ2v) is 6.29. The van der Waals surface area contributed by atoms with E-state index in [1.165, 1.54) is 5.56 Å². The highest BCUT2D eigenvalue weighted by molar-refractivity contribution is 5.84. The highest BCUT2D eigenvalue weighted by Gasteiger charge is 2.17. The number of nitrogens with one attached hydrogen (secondary N) is 1. The molecule has 1 heterocycles. The number of hydrogen-bond acceptors (Lipinski definition) is 3. The number of benzene rings is 1. The summed E-state index contributed by atoms with van der Waals surface area (Å²) in [5.41, 5.74) is 1.20. The normalized spacial score (nSPS) is 17.6. The molecule has 1 N–H and O–H groups in total. The van der Waals surface area contributed by atoms with Gasteiger partial charge in [-0.15, -0.1) is 0 Å². The number of amides is 1. The predicted octanol–water partition coefficient (Wildman–Crippen LogP) is 1.33. The minimum atomic E-state index is -0.0143. The van der Waals surface area contributed by atoms with Crippen molar-refractivity contribution in [1.29, 1.82) is 0 Å². The van der Waals surface area contributed by atoms with E-state index in [2.05, 4.69) is 22.4 Å².